The highest BCUT2D eigenvalue weighted by Crippen LogP contribution is 2.36. The van der Waals surface area contributed by atoms with Gasteiger partial charge in [0.05, 0.1) is 5.02 Å². The number of halogens is 1. The smallest absolute Gasteiger partial charge is 0.221 e. The van der Waals surface area contributed by atoms with Crippen molar-refractivity contribution < 1.29 is 9.47 Å². The molecule has 0 atom stereocenters. The average Bonchev–Trinajstić information content (AvgIpc) is 2.60. The molecule has 2 aromatic carbocycles. The van der Waals surface area contributed by atoms with Crippen LogP contribution in [0, 0.1) is 0 Å². The fourth-order valence-electron chi connectivity index (χ4n) is 2.96. The van der Waals surface area contributed by atoms with Crippen LogP contribution in [0.2, 0.25) is 5.02 Å². The monoisotopic (exact) mass is 354 g/mol. The van der Waals surface area contributed by atoms with Crippen molar-refractivity contribution in [2.45, 2.75) is 31.6 Å². The number of ether oxygens (including phenoxy) is 2. The van der Waals surface area contributed by atoms with Crippen LogP contribution in [-0.4, -0.2) is 17.1 Å². The van der Waals surface area contributed by atoms with Gasteiger partial charge in [-0.05, 0) is 42.0 Å². The highest BCUT2D eigenvalue weighted by Gasteiger charge is 2.28. The standard InChI is InChI=1S/C20H19ClN2O2/c21-18-11-17-14(8-19(18)25-16-9-15(22)10-16)6-7-23-20(17)24-12-13-4-2-1-3-5-13/h1-8,11,15-16H,9-10,12,22H2. The number of aromatic nitrogens is 1. The lowest BCUT2D eigenvalue weighted by Gasteiger charge is -2.32. The van der Waals surface area contributed by atoms with Gasteiger partial charge >= 0.3 is 0 Å². The van der Waals surface area contributed by atoms with Gasteiger partial charge in [-0.2, -0.15) is 0 Å². The van der Waals surface area contributed by atoms with E-state index in [1.54, 1.807) is 6.20 Å². The molecule has 1 aliphatic carbocycles. The number of nitrogens with zero attached hydrogens (tertiary/aromatic N) is 1. The number of pyridine rings is 1. The molecule has 0 saturated heterocycles. The number of fused-ring (bicyclic) bond motifs is 1. The van der Waals surface area contributed by atoms with Crippen LogP contribution in [0.15, 0.2) is 54.7 Å². The fourth-order valence-corrected chi connectivity index (χ4v) is 3.17. The summed E-state index contributed by atoms with van der Waals surface area (Å²) in [6.07, 6.45) is 3.63. The molecule has 1 heterocycles. The van der Waals surface area contributed by atoms with E-state index in [1.807, 2.05) is 48.5 Å². The molecule has 0 radical (unpaired) electrons. The van der Waals surface area contributed by atoms with Gasteiger partial charge in [-0.1, -0.05) is 41.9 Å². The van der Waals surface area contributed by atoms with E-state index in [2.05, 4.69) is 4.98 Å². The van der Waals surface area contributed by atoms with E-state index in [-0.39, 0.29) is 12.1 Å². The van der Waals surface area contributed by atoms with Gasteiger partial charge in [0.25, 0.3) is 0 Å². The highest BCUT2D eigenvalue weighted by atomic mass is 35.5. The van der Waals surface area contributed by atoms with Crippen LogP contribution in [0.25, 0.3) is 10.8 Å². The number of hydrogen-bond acceptors (Lipinski definition) is 4. The van der Waals surface area contributed by atoms with Crippen molar-refractivity contribution >= 4 is 22.4 Å². The van der Waals surface area contributed by atoms with Crippen molar-refractivity contribution in [3.05, 3.63) is 65.3 Å². The minimum Gasteiger partial charge on any atom is -0.489 e. The Hall–Kier alpha value is -2.30. The first-order chi connectivity index (χ1) is 12.2. The summed E-state index contributed by atoms with van der Waals surface area (Å²) in [5, 5.41) is 2.42. The van der Waals surface area contributed by atoms with E-state index in [0.29, 0.717) is 23.3 Å². The topological polar surface area (TPSA) is 57.4 Å². The molecule has 2 N–H and O–H groups in total. The van der Waals surface area contributed by atoms with Gasteiger partial charge in [0.2, 0.25) is 5.88 Å². The van der Waals surface area contributed by atoms with Crippen LogP contribution in [0.4, 0.5) is 0 Å². The zero-order chi connectivity index (χ0) is 17.2. The van der Waals surface area contributed by atoms with E-state index in [1.165, 1.54) is 0 Å². The molecule has 1 saturated carbocycles. The molecule has 4 rings (SSSR count). The van der Waals surface area contributed by atoms with Gasteiger partial charge < -0.3 is 15.2 Å². The molecule has 1 aromatic heterocycles. The Balaban J connectivity index is 1.57. The third-order valence-electron chi connectivity index (χ3n) is 4.42. The van der Waals surface area contributed by atoms with E-state index < -0.39 is 0 Å². The fraction of sp³-hybridized carbons (Fsp3) is 0.250. The lowest BCUT2D eigenvalue weighted by molar-refractivity contribution is 0.101. The minimum atomic E-state index is 0.153. The Morgan fingerprint density at radius 3 is 2.68 bits per heavy atom. The zero-order valence-corrected chi connectivity index (χ0v) is 14.4. The predicted molar refractivity (Wildman–Crippen MR) is 99.2 cm³/mol. The maximum atomic E-state index is 6.41. The van der Waals surface area contributed by atoms with Crippen molar-refractivity contribution in [2.75, 3.05) is 0 Å². The van der Waals surface area contributed by atoms with Crippen molar-refractivity contribution in [2.24, 2.45) is 5.73 Å². The molecule has 0 aliphatic heterocycles. The van der Waals surface area contributed by atoms with Gasteiger partial charge in [-0.15, -0.1) is 0 Å². The minimum absolute atomic E-state index is 0.153. The lowest BCUT2D eigenvalue weighted by Crippen LogP contribution is -2.43. The lowest BCUT2D eigenvalue weighted by atomic mass is 9.90. The maximum absolute atomic E-state index is 6.41. The molecular weight excluding hydrogens is 336 g/mol. The van der Waals surface area contributed by atoms with Crippen LogP contribution in [0.3, 0.4) is 0 Å². The number of benzene rings is 2. The molecule has 0 amide bonds. The Bertz CT molecular complexity index is 880. The quantitative estimate of drug-likeness (QED) is 0.740. The van der Waals surface area contributed by atoms with Crippen LogP contribution in [0.1, 0.15) is 18.4 Å². The third-order valence-corrected chi connectivity index (χ3v) is 4.72. The predicted octanol–water partition coefficient (Wildman–Crippen LogP) is 4.34. The second kappa shape index (κ2) is 6.90. The molecule has 128 valence electrons. The summed E-state index contributed by atoms with van der Waals surface area (Å²) in [7, 11) is 0. The van der Waals surface area contributed by atoms with Gasteiger partial charge in [0.15, 0.2) is 0 Å². The Labute approximate surface area is 151 Å². The summed E-state index contributed by atoms with van der Waals surface area (Å²) in [5.74, 6) is 1.26. The van der Waals surface area contributed by atoms with Gasteiger partial charge in [-0.3, -0.25) is 0 Å². The van der Waals surface area contributed by atoms with Crippen molar-refractivity contribution in [1.82, 2.24) is 4.98 Å². The van der Waals surface area contributed by atoms with E-state index in [9.17, 15) is 0 Å². The Morgan fingerprint density at radius 1 is 1.12 bits per heavy atom. The van der Waals surface area contributed by atoms with Gasteiger partial charge in [0, 0.05) is 17.6 Å². The third kappa shape index (κ3) is 3.55. The van der Waals surface area contributed by atoms with Crippen LogP contribution >= 0.6 is 11.6 Å². The molecule has 1 fully saturated rings. The molecule has 5 heteroatoms. The highest BCUT2D eigenvalue weighted by molar-refractivity contribution is 6.33. The summed E-state index contributed by atoms with van der Waals surface area (Å²) in [4.78, 5) is 4.35. The summed E-state index contributed by atoms with van der Waals surface area (Å²) in [6.45, 7) is 0.461. The first-order valence-electron chi connectivity index (χ1n) is 8.36. The first-order valence-corrected chi connectivity index (χ1v) is 8.74. The largest absolute Gasteiger partial charge is 0.489 e. The van der Waals surface area contributed by atoms with Crippen LogP contribution in [0.5, 0.6) is 11.6 Å². The summed E-state index contributed by atoms with van der Waals surface area (Å²) in [6, 6.07) is 16.0. The van der Waals surface area contributed by atoms with E-state index in [4.69, 9.17) is 26.8 Å². The molecule has 25 heavy (non-hydrogen) atoms. The molecular formula is C20H19ClN2O2. The molecule has 0 bridgehead atoms. The summed E-state index contributed by atoms with van der Waals surface area (Å²) in [5.41, 5.74) is 6.91. The molecule has 0 spiro atoms. The average molecular weight is 355 g/mol. The van der Waals surface area contributed by atoms with Crippen molar-refractivity contribution in [1.29, 1.82) is 0 Å². The number of hydrogen-bond donors (Lipinski definition) is 1. The molecule has 0 unspecified atom stereocenters. The Morgan fingerprint density at radius 2 is 1.92 bits per heavy atom. The molecule has 3 aromatic rings. The SMILES string of the molecule is NC1CC(Oc2cc3ccnc(OCc4ccccc4)c3cc2Cl)C1. The van der Waals surface area contributed by atoms with Crippen molar-refractivity contribution in [3.8, 4) is 11.6 Å². The van der Waals surface area contributed by atoms with Gasteiger partial charge in [0.1, 0.15) is 18.5 Å². The van der Waals surface area contributed by atoms with Gasteiger partial charge in [-0.25, -0.2) is 4.98 Å². The zero-order valence-electron chi connectivity index (χ0n) is 13.7. The summed E-state index contributed by atoms with van der Waals surface area (Å²) < 4.78 is 11.9. The maximum Gasteiger partial charge on any atom is 0.221 e. The van der Waals surface area contributed by atoms with Crippen molar-refractivity contribution in [3.63, 3.8) is 0 Å². The molecule has 4 nitrogen and oxygen atoms in total. The van der Waals surface area contributed by atoms with E-state index >= 15 is 0 Å². The normalized spacial score (nSPS) is 19.4. The summed E-state index contributed by atoms with van der Waals surface area (Å²) >= 11 is 6.41. The number of rotatable bonds is 5. The first kappa shape index (κ1) is 16.2. The van der Waals surface area contributed by atoms with Crippen LogP contribution in [-0.2, 0) is 6.61 Å². The van der Waals surface area contributed by atoms with E-state index in [0.717, 1.165) is 29.2 Å². The second-order valence-electron chi connectivity index (χ2n) is 6.37. The number of nitrogens with two attached hydrogens (primary N) is 1. The molecule has 1 aliphatic rings. The Kier molecular flexibility index (Phi) is 4.47. The van der Waals surface area contributed by atoms with Crippen LogP contribution < -0.4 is 15.2 Å². The second-order valence-corrected chi connectivity index (χ2v) is 6.77.